The molecule has 22 heteroatoms. The van der Waals surface area contributed by atoms with Crippen LogP contribution in [0.25, 0.3) is 10.9 Å². The molecule has 1 saturated heterocycles. The van der Waals surface area contributed by atoms with Gasteiger partial charge in [0.2, 0.25) is 41.4 Å². The van der Waals surface area contributed by atoms with Crippen molar-refractivity contribution in [1.29, 1.82) is 0 Å². The van der Waals surface area contributed by atoms with Crippen molar-refractivity contribution in [2.24, 2.45) is 17.6 Å². The number of carboxylic acids is 1. The molecule has 10 atom stereocenters. The van der Waals surface area contributed by atoms with Gasteiger partial charge in [-0.15, -0.1) is 0 Å². The van der Waals surface area contributed by atoms with E-state index in [0.29, 0.717) is 12.0 Å². The highest BCUT2D eigenvalue weighted by molar-refractivity contribution is 5.98. The van der Waals surface area contributed by atoms with Crippen molar-refractivity contribution in [3.05, 3.63) is 36.0 Å². The van der Waals surface area contributed by atoms with Crippen LogP contribution in [0.3, 0.4) is 0 Å². The molecule has 7 amide bonds. The molecule has 1 fully saturated rings. The molecule has 0 radical (unpaired) electrons. The summed E-state index contributed by atoms with van der Waals surface area (Å²) in [5.41, 5.74) is 7.21. The van der Waals surface area contributed by atoms with Crippen LogP contribution in [0.4, 0.5) is 0 Å². The van der Waals surface area contributed by atoms with Crippen molar-refractivity contribution in [2.75, 3.05) is 19.8 Å². The second kappa shape index (κ2) is 23.0. The van der Waals surface area contributed by atoms with Crippen LogP contribution < -0.4 is 37.6 Å². The number of nitrogens with two attached hydrogens (primary N) is 1. The smallest absolute Gasteiger partial charge is 0.326 e. The topological polar surface area (TPSA) is 355 Å². The first kappa shape index (κ1) is 50.7. The van der Waals surface area contributed by atoms with Gasteiger partial charge in [0.05, 0.1) is 31.5 Å². The zero-order chi connectivity index (χ0) is 46.6. The second-order valence-corrected chi connectivity index (χ2v) is 16.1. The standard InChI is InChI=1S/C40H61N9O13/c1-18(2)29(41)36(57)48-32(21(6)53)38(59)46-30(19(3)4)39(60)49-13-9-12-28(49)35(56)45-26(16-50)33(54)44-27(17-51)34(55)47-31(20(5)52)37(58)43-25(40(61)62)14-22-15-42-24-11-8-7-10-23(22)24/h7-8,10-11,15,18-21,25-32,42,50-53H,9,12-14,16-17,41H2,1-6H3,(H,43,58)(H,44,54)(H,45,56)(H,46,59)(H,47,55)(H,48,57)(H,61,62)/t20-,21-,25+,26+,27+,28+,29+,30+,31+,32+/m1/s1. The summed E-state index contributed by atoms with van der Waals surface area (Å²) in [5, 5.41) is 65.4. The van der Waals surface area contributed by atoms with Crippen LogP contribution in [0.2, 0.25) is 0 Å². The third-order valence-corrected chi connectivity index (χ3v) is 10.6. The molecule has 0 unspecified atom stereocenters. The summed E-state index contributed by atoms with van der Waals surface area (Å²) in [4.78, 5) is 109. The number of nitrogens with zero attached hydrogens (tertiary/aromatic N) is 1. The second-order valence-electron chi connectivity index (χ2n) is 16.1. The molecule has 2 aromatic rings. The van der Waals surface area contributed by atoms with Crippen LogP contribution >= 0.6 is 0 Å². The third kappa shape index (κ3) is 13.2. The van der Waals surface area contributed by atoms with E-state index in [9.17, 15) is 63.9 Å². The Hall–Kier alpha value is -5.68. The number of hydrogen-bond acceptors (Lipinski definition) is 13. The van der Waals surface area contributed by atoms with E-state index in [1.165, 1.54) is 11.8 Å². The number of aliphatic hydroxyl groups excluding tert-OH is 4. The largest absolute Gasteiger partial charge is 0.480 e. The van der Waals surface area contributed by atoms with Crippen LogP contribution in [-0.2, 0) is 44.8 Å². The van der Waals surface area contributed by atoms with Crippen LogP contribution in [0.1, 0.15) is 59.9 Å². The number of nitrogens with one attached hydrogen (secondary N) is 7. The number of hydrogen-bond donors (Lipinski definition) is 13. The minimum Gasteiger partial charge on any atom is -0.480 e. The minimum atomic E-state index is -1.79. The van der Waals surface area contributed by atoms with Gasteiger partial charge in [-0.1, -0.05) is 45.9 Å². The third-order valence-electron chi connectivity index (χ3n) is 10.6. The number of carboxylic acid groups (broad SMARTS) is 1. The molecule has 62 heavy (non-hydrogen) atoms. The number of carbonyl (C=O) groups excluding carboxylic acids is 7. The lowest BCUT2D eigenvalue weighted by Crippen LogP contribution is -2.62. The Bertz CT molecular complexity index is 1920. The van der Waals surface area contributed by atoms with Gasteiger partial charge in [-0.2, -0.15) is 0 Å². The number of fused-ring (bicyclic) bond motifs is 1. The van der Waals surface area contributed by atoms with Gasteiger partial charge >= 0.3 is 5.97 Å². The summed E-state index contributed by atoms with van der Waals surface area (Å²) in [7, 11) is 0. The molecule has 1 aliphatic heterocycles. The van der Waals surface area contributed by atoms with Gasteiger partial charge in [0.25, 0.3) is 0 Å². The number of rotatable bonds is 22. The maximum Gasteiger partial charge on any atom is 0.326 e. The lowest BCUT2D eigenvalue weighted by molar-refractivity contribution is -0.144. The normalized spacial score (nSPS) is 18.3. The number of likely N-dealkylation sites (tertiary alicyclic amines) is 1. The summed E-state index contributed by atoms with van der Waals surface area (Å²) in [6.07, 6.45) is -1.05. The lowest BCUT2D eigenvalue weighted by atomic mass is 10.00. The number of benzene rings is 1. The monoisotopic (exact) mass is 875 g/mol. The first-order valence-corrected chi connectivity index (χ1v) is 20.4. The van der Waals surface area contributed by atoms with Gasteiger partial charge in [0, 0.05) is 30.1 Å². The van der Waals surface area contributed by atoms with Crippen LogP contribution in [-0.4, -0.2) is 163 Å². The molecule has 3 rings (SSSR count). The number of aliphatic carboxylic acids is 1. The first-order valence-electron chi connectivity index (χ1n) is 20.4. The molecule has 0 spiro atoms. The van der Waals surface area contributed by atoms with Crippen molar-refractivity contribution in [3.63, 3.8) is 0 Å². The van der Waals surface area contributed by atoms with Crippen molar-refractivity contribution in [1.82, 2.24) is 41.8 Å². The number of aromatic nitrogens is 1. The van der Waals surface area contributed by atoms with Gasteiger partial charge in [-0.3, -0.25) is 33.6 Å². The Kier molecular flexibility index (Phi) is 18.8. The van der Waals surface area contributed by atoms with Crippen LogP contribution in [0.5, 0.6) is 0 Å². The highest BCUT2D eigenvalue weighted by Gasteiger charge is 2.41. The minimum absolute atomic E-state index is 0.0762. The Labute approximate surface area is 358 Å². The lowest BCUT2D eigenvalue weighted by Gasteiger charge is -2.32. The molecule has 344 valence electrons. The molecule has 0 bridgehead atoms. The van der Waals surface area contributed by atoms with Gasteiger partial charge in [0.1, 0.15) is 42.3 Å². The fourth-order valence-corrected chi connectivity index (χ4v) is 6.77. The molecular formula is C40H61N9O13. The van der Waals surface area contributed by atoms with Crippen molar-refractivity contribution in [2.45, 2.75) is 121 Å². The number of H-pyrrole nitrogens is 1. The summed E-state index contributed by atoms with van der Waals surface area (Å²) in [6, 6.07) is -4.50. The Morgan fingerprint density at radius 1 is 0.710 bits per heavy atom. The van der Waals surface area contributed by atoms with E-state index in [4.69, 9.17) is 5.73 Å². The van der Waals surface area contributed by atoms with E-state index < -0.39 is 127 Å². The Balaban J connectivity index is 1.66. The molecule has 1 aromatic carbocycles. The van der Waals surface area contributed by atoms with Gasteiger partial charge < -0.3 is 73.1 Å². The van der Waals surface area contributed by atoms with E-state index in [2.05, 4.69) is 36.9 Å². The summed E-state index contributed by atoms with van der Waals surface area (Å²) in [6.45, 7) is 7.12. The molecule has 2 heterocycles. The quantitative estimate of drug-likeness (QED) is 0.0538. The maximum absolute atomic E-state index is 13.9. The summed E-state index contributed by atoms with van der Waals surface area (Å²) in [5.74, 6) is -8.73. The van der Waals surface area contributed by atoms with Crippen LogP contribution in [0.15, 0.2) is 30.5 Å². The maximum atomic E-state index is 13.9. The van der Waals surface area contributed by atoms with E-state index >= 15 is 0 Å². The van der Waals surface area contributed by atoms with Gasteiger partial charge in [-0.05, 0) is 50.2 Å². The van der Waals surface area contributed by atoms with Crippen molar-refractivity contribution in [3.8, 4) is 0 Å². The van der Waals surface area contributed by atoms with Crippen molar-refractivity contribution >= 4 is 58.2 Å². The predicted octanol–water partition coefficient (Wildman–Crippen LogP) is -3.92. The molecule has 0 saturated carbocycles. The average Bonchev–Trinajstić information content (AvgIpc) is 3.88. The first-order chi connectivity index (χ1) is 29.1. The SMILES string of the molecule is CC(C)[C@H](N)C(=O)N[C@H](C(=O)N[C@H](C(=O)N1CCC[C@H]1C(=O)N[C@@H](CO)C(=O)N[C@@H](CO)C(=O)N[C@H](C(=O)N[C@@H](Cc1c[nH]c2ccccc12)C(=O)O)[C@@H](C)O)C(C)C)[C@@H](C)O. The van der Waals surface area contributed by atoms with E-state index in [1.807, 2.05) is 0 Å². The van der Waals surface area contributed by atoms with E-state index in [0.717, 1.165) is 17.8 Å². The highest BCUT2D eigenvalue weighted by Crippen LogP contribution is 2.22. The number of aliphatic hydroxyl groups is 4. The molecular weight excluding hydrogens is 814 g/mol. The Morgan fingerprint density at radius 3 is 1.77 bits per heavy atom. The summed E-state index contributed by atoms with van der Waals surface area (Å²) < 4.78 is 0. The van der Waals surface area contributed by atoms with E-state index in [1.54, 1.807) is 58.2 Å². The number of amides is 7. The molecule has 1 aliphatic rings. The summed E-state index contributed by atoms with van der Waals surface area (Å²) >= 11 is 0. The molecule has 0 aliphatic carbocycles. The number of para-hydroxylation sites is 1. The molecule has 1 aromatic heterocycles. The number of aromatic amines is 1. The zero-order valence-corrected chi connectivity index (χ0v) is 35.6. The predicted molar refractivity (Wildman–Crippen MR) is 221 cm³/mol. The van der Waals surface area contributed by atoms with Crippen LogP contribution in [0, 0.1) is 11.8 Å². The van der Waals surface area contributed by atoms with Crippen molar-refractivity contribution < 1.29 is 63.9 Å². The zero-order valence-electron chi connectivity index (χ0n) is 35.6. The number of carbonyl (C=O) groups is 8. The fourth-order valence-electron chi connectivity index (χ4n) is 6.77. The molecule has 14 N–H and O–H groups in total. The average molecular weight is 876 g/mol. The van der Waals surface area contributed by atoms with E-state index in [-0.39, 0.29) is 25.3 Å². The Morgan fingerprint density at radius 2 is 1.23 bits per heavy atom. The fraction of sp³-hybridized carbons (Fsp3) is 0.600. The van der Waals surface area contributed by atoms with Gasteiger partial charge in [-0.25, -0.2) is 4.79 Å². The molecule has 22 nitrogen and oxygen atoms in total. The van der Waals surface area contributed by atoms with Gasteiger partial charge in [0.15, 0.2) is 0 Å². The highest BCUT2D eigenvalue weighted by atomic mass is 16.4.